The van der Waals surface area contributed by atoms with E-state index in [0.29, 0.717) is 6.73 Å². The molecule has 0 aliphatic heterocycles. The maximum Gasteiger partial charge on any atom is 0.142 e. The Morgan fingerprint density at radius 3 is 3.00 bits per heavy atom. The number of benzene rings is 1. The summed E-state index contributed by atoms with van der Waals surface area (Å²) in [6.45, 7) is 2.44. The highest BCUT2D eigenvalue weighted by Gasteiger charge is 2.05. The molecule has 1 aromatic carbocycles. The van der Waals surface area contributed by atoms with E-state index in [0.717, 1.165) is 22.3 Å². The molecule has 2 heterocycles. The lowest BCUT2D eigenvalue weighted by atomic mass is 10.2. The van der Waals surface area contributed by atoms with Crippen molar-refractivity contribution >= 4 is 20.5 Å². The summed E-state index contributed by atoms with van der Waals surface area (Å²) < 4.78 is 6.64. The van der Waals surface area contributed by atoms with Crippen molar-refractivity contribution in [2.75, 3.05) is 0 Å². The normalized spacial score (nSPS) is 11.1. The van der Waals surface area contributed by atoms with Crippen LogP contribution >= 0.6 is 9.47 Å². The third kappa shape index (κ3) is 2.48. The van der Waals surface area contributed by atoms with Crippen LogP contribution in [0, 0.1) is 6.92 Å². The lowest BCUT2D eigenvalue weighted by molar-refractivity contribution is 0.260. The average molecular weight is 272 g/mol. The summed E-state index contributed by atoms with van der Waals surface area (Å²) in [4.78, 5) is 9.04. The molecule has 19 heavy (non-hydrogen) atoms. The van der Waals surface area contributed by atoms with Gasteiger partial charge in [0.2, 0.25) is 0 Å². The van der Waals surface area contributed by atoms with Crippen LogP contribution in [-0.4, -0.2) is 19.7 Å². The molecule has 0 amide bonds. The Bertz CT molecular complexity index is 725. The molecule has 3 rings (SSSR count). The van der Waals surface area contributed by atoms with Crippen LogP contribution in [-0.2, 0) is 11.3 Å². The van der Waals surface area contributed by atoms with Crippen molar-refractivity contribution in [3.05, 3.63) is 42.4 Å². The van der Waals surface area contributed by atoms with Gasteiger partial charge in [-0.3, -0.25) is 4.98 Å². The standard InChI is InChI=1S/C13H13N4OP/c1-9-2-3-11-12(4-9)16-13(6-14-11)10-5-15-17(7-10)8-18-19/h2-7H,8,19H2,1H3. The van der Waals surface area contributed by atoms with Crippen molar-refractivity contribution in [1.82, 2.24) is 19.7 Å². The molecule has 2 aromatic heterocycles. The summed E-state index contributed by atoms with van der Waals surface area (Å²) in [5.74, 6) is 0. The van der Waals surface area contributed by atoms with Gasteiger partial charge < -0.3 is 4.52 Å². The van der Waals surface area contributed by atoms with E-state index in [1.807, 2.05) is 31.3 Å². The van der Waals surface area contributed by atoms with E-state index in [1.54, 1.807) is 17.1 Å². The number of nitrogens with zero attached hydrogens (tertiary/aromatic N) is 4. The number of aromatic nitrogens is 4. The summed E-state index contributed by atoms with van der Waals surface area (Å²) >= 11 is 0. The number of rotatable bonds is 3. The Labute approximate surface area is 112 Å². The fraction of sp³-hybridized carbons (Fsp3) is 0.154. The number of hydrogen-bond donors (Lipinski definition) is 0. The molecule has 0 radical (unpaired) electrons. The Kier molecular flexibility index (Phi) is 3.23. The summed E-state index contributed by atoms with van der Waals surface area (Å²) in [7, 11) is 2.20. The van der Waals surface area contributed by atoms with Crippen LogP contribution in [0.3, 0.4) is 0 Å². The zero-order valence-electron chi connectivity index (χ0n) is 10.4. The second-order valence-electron chi connectivity index (χ2n) is 4.31. The molecule has 0 N–H and O–H groups in total. The van der Waals surface area contributed by atoms with Gasteiger partial charge in [-0.25, -0.2) is 9.67 Å². The van der Waals surface area contributed by atoms with E-state index in [9.17, 15) is 0 Å². The van der Waals surface area contributed by atoms with E-state index in [4.69, 9.17) is 4.52 Å². The molecule has 0 saturated carbocycles. The Balaban J connectivity index is 2.03. The molecule has 6 heteroatoms. The molecule has 1 unspecified atom stereocenters. The average Bonchev–Trinajstić information content (AvgIpc) is 2.87. The van der Waals surface area contributed by atoms with Crippen LogP contribution in [0.5, 0.6) is 0 Å². The fourth-order valence-corrected chi connectivity index (χ4v) is 2.06. The van der Waals surface area contributed by atoms with Gasteiger partial charge in [0.25, 0.3) is 0 Å². The van der Waals surface area contributed by atoms with Crippen LogP contribution in [0.2, 0.25) is 0 Å². The highest BCUT2D eigenvalue weighted by Crippen LogP contribution is 2.19. The minimum Gasteiger partial charge on any atom is -0.343 e. The number of hydrogen-bond acceptors (Lipinski definition) is 4. The first kappa shape index (κ1) is 12.2. The highest BCUT2D eigenvalue weighted by molar-refractivity contribution is 7.09. The quantitative estimate of drug-likeness (QED) is 0.688. The smallest absolute Gasteiger partial charge is 0.142 e. The Morgan fingerprint density at radius 1 is 1.26 bits per heavy atom. The Morgan fingerprint density at radius 2 is 2.16 bits per heavy atom. The van der Waals surface area contributed by atoms with Crippen LogP contribution in [0.15, 0.2) is 36.8 Å². The molecule has 0 spiro atoms. The SMILES string of the molecule is Cc1ccc2ncc(-c3cnn(COP)c3)nc2c1. The molecule has 0 aliphatic rings. The summed E-state index contributed by atoms with van der Waals surface area (Å²) in [6.07, 6.45) is 5.41. The van der Waals surface area contributed by atoms with Crippen LogP contribution < -0.4 is 0 Å². The van der Waals surface area contributed by atoms with Gasteiger partial charge >= 0.3 is 0 Å². The summed E-state index contributed by atoms with van der Waals surface area (Å²) in [5, 5.41) is 4.19. The molecular weight excluding hydrogens is 259 g/mol. The Hall–Kier alpha value is -1.84. The van der Waals surface area contributed by atoms with Gasteiger partial charge in [-0.2, -0.15) is 5.10 Å². The van der Waals surface area contributed by atoms with Gasteiger partial charge in [-0.1, -0.05) is 6.07 Å². The van der Waals surface area contributed by atoms with Gasteiger partial charge in [-0.15, -0.1) is 0 Å². The molecule has 96 valence electrons. The van der Waals surface area contributed by atoms with Gasteiger partial charge in [-0.05, 0) is 24.6 Å². The van der Waals surface area contributed by atoms with Crippen molar-refractivity contribution in [3.63, 3.8) is 0 Å². The maximum atomic E-state index is 4.94. The molecule has 1 atom stereocenters. The van der Waals surface area contributed by atoms with Crippen molar-refractivity contribution in [2.45, 2.75) is 13.7 Å². The van der Waals surface area contributed by atoms with Gasteiger partial charge in [0.15, 0.2) is 0 Å². The zero-order valence-corrected chi connectivity index (χ0v) is 11.6. The zero-order chi connectivity index (χ0) is 13.2. The lowest BCUT2D eigenvalue weighted by Gasteiger charge is -2.01. The molecule has 5 nitrogen and oxygen atoms in total. The maximum absolute atomic E-state index is 4.94. The molecular formula is C13H13N4OP. The van der Waals surface area contributed by atoms with Crippen molar-refractivity contribution in [3.8, 4) is 11.3 Å². The predicted molar refractivity (Wildman–Crippen MR) is 76.3 cm³/mol. The molecule has 0 saturated heterocycles. The topological polar surface area (TPSA) is 52.8 Å². The van der Waals surface area contributed by atoms with Gasteiger partial charge in [0, 0.05) is 21.2 Å². The summed E-state index contributed by atoms with van der Waals surface area (Å²) in [5.41, 5.74) is 4.71. The molecule has 0 bridgehead atoms. The minimum absolute atomic E-state index is 0.394. The summed E-state index contributed by atoms with van der Waals surface area (Å²) in [6, 6.07) is 6.04. The first-order chi connectivity index (χ1) is 9.26. The second-order valence-corrected chi connectivity index (χ2v) is 4.64. The minimum atomic E-state index is 0.394. The van der Waals surface area contributed by atoms with Crippen molar-refractivity contribution < 1.29 is 4.52 Å². The second kappa shape index (κ2) is 5.03. The molecule has 0 aliphatic carbocycles. The molecule has 3 aromatic rings. The van der Waals surface area contributed by atoms with E-state index >= 15 is 0 Å². The number of fused-ring (bicyclic) bond motifs is 1. The van der Waals surface area contributed by atoms with Crippen LogP contribution in [0.4, 0.5) is 0 Å². The van der Waals surface area contributed by atoms with Crippen LogP contribution in [0.1, 0.15) is 5.56 Å². The monoisotopic (exact) mass is 272 g/mol. The van der Waals surface area contributed by atoms with Crippen molar-refractivity contribution in [2.24, 2.45) is 0 Å². The molecule has 0 fully saturated rings. The van der Waals surface area contributed by atoms with Gasteiger partial charge in [0.1, 0.15) is 6.73 Å². The fourth-order valence-electron chi connectivity index (χ4n) is 1.90. The highest BCUT2D eigenvalue weighted by atomic mass is 31.0. The van der Waals surface area contributed by atoms with Crippen LogP contribution in [0.25, 0.3) is 22.3 Å². The largest absolute Gasteiger partial charge is 0.343 e. The van der Waals surface area contributed by atoms with E-state index in [1.165, 1.54) is 5.56 Å². The third-order valence-corrected chi connectivity index (χ3v) is 2.98. The predicted octanol–water partition coefficient (Wildman–Crippen LogP) is 2.57. The lowest BCUT2D eigenvalue weighted by Crippen LogP contribution is -1.96. The van der Waals surface area contributed by atoms with E-state index < -0.39 is 0 Å². The van der Waals surface area contributed by atoms with Gasteiger partial charge in [0.05, 0.1) is 29.1 Å². The third-order valence-electron chi connectivity index (χ3n) is 2.83. The van der Waals surface area contributed by atoms with E-state index in [2.05, 4.69) is 24.5 Å². The number of aryl methyl sites for hydroxylation is 1. The van der Waals surface area contributed by atoms with Crippen molar-refractivity contribution in [1.29, 1.82) is 0 Å². The van der Waals surface area contributed by atoms with E-state index in [-0.39, 0.29) is 0 Å². The first-order valence-electron chi connectivity index (χ1n) is 5.84. The first-order valence-corrected chi connectivity index (χ1v) is 6.31.